The van der Waals surface area contributed by atoms with Gasteiger partial charge < -0.3 is 9.84 Å². The van der Waals surface area contributed by atoms with Gasteiger partial charge in [-0.2, -0.15) is 0 Å². The van der Waals surface area contributed by atoms with E-state index in [1.54, 1.807) is 0 Å². The molecule has 88 valence electrons. The number of hydrogen-bond donors (Lipinski definition) is 1. The quantitative estimate of drug-likeness (QED) is 0.661. The maximum Gasteiger partial charge on any atom is 0.328 e. The summed E-state index contributed by atoms with van der Waals surface area (Å²) in [5, 5.41) is 9.00. The number of benzene rings is 2. The van der Waals surface area contributed by atoms with Gasteiger partial charge in [0.1, 0.15) is 11.5 Å². The highest BCUT2D eigenvalue weighted by atomic mass is 16.5. The smallest absolute Gasteiger partial charge is 0.328 e. The zero-order valence-corrected chi connectivity index (χ0v) is 9.46. The van der Waals surface area contributed by atoms with Gasteiger partial charge in [-0.05, 0) is 12.1 Å². The van der Waals surface area contributed by atoms with E-state index >= 15 is 0 Å². The molecule has 0 fully saturated rings. The van der Waals surface area contributed by atoms with Gasteiger partial charge >= 0.3 is 5.97 Å². The Hall–Kier alpha value is -2.55. The Morgan fingerprint density at radius 2 is 1.44 bits per heavy atom. The second kappa shape index (κ2) is 4.04. The molecular formula is C15H10O3. The van der Waals surface area contributed by atoms with Crippen molar-refractivity contribution in [3.63, 3.8) is 0 Å². The molecule has 0 bridgehead atoms. The van der Waals surface area contributed by atoms with Gasteiger partial charge in [0.25, 0.3) is 0 Å². The minimum absolute atomic E-state index is 0.681. The normalized spacial score (nSPS) is 12.1. The van der Waals surface area contributed by atoms with Crippen LogP contribution in [0.2, 0.25) is 0 Å². The Kier molecular flexibility index (Phi) is 2.38. The predicted molar refractivity (Wildman–Crippen MR) is 67.7 cm³/mol. The lowest BCUT2D eigenvalue weighted by Crippen LogP contribution is -2.03. The van der Waals surface area contributed by atoms with E-state index in [9.17, 15) is 4.79 Å². The molecule has 3 rings (SSSR count). The zero-order valence-electron chi connectivity index (χ0n) is 9.46. The molecule has 2 aromatic carbocycles. The van der Waals surface area contributed by atoms with Gasteiger partial charge in [-0.1, -0.05) is 36.4 Å². The third-order valence-electron chi connectivity index (χ3n) is 2.84. The van der Waals surface area contributed by atoms with Gasteiger partial charge in [-0.15, -0.1) is 0 Å². The fraction of sp³-hybridized carbons (Fsp3) is 0. The van der Waals surface area contributed by atoms with Crippen LogP contribution in [0.4, 0.5) is 0 Å². The number of carboxylic acid groups (broad SMARTS) is 1. The van der Waals surface area contributed by atoms with Crippen LogP contribution in [0, 0.1) is 0 Å². The van der Waals surface area contributed by atoms with E-state index in [2.05, 4.69) is 0 Å². The van der Waals surface area contributed by atoms with Crippen molar-refractivity contribution >= 4 is 11.5 Å². The van der Waals surface area contributed by atoms with Crippen molar-refractivity contribution in [1.82, 2.24) is 0 Å². The summed E-state index contributed by atoms with van der Waals surface area (Å²) in [6.07, 6.45) is 1.22. The topological polar surface area (TPSA) is 46.5 Å². The van der Waals surface area contributed by atoms with Gasteiger partial charge in [0.05, 0.1) is 0 Å². The van der Waals surface area contributed by atoms with Crippen molar-refractivity contribution in [3.05, 3.63) is 65.7 Å². The molecule has 3 heteroatoms. The molecule has 1 N–H and O–H groups in total. The van der Waals surface area contributed by atoms with Gasteiger partial charge in [0.2, 0.25) is 0 Å². The molecule has 1 aliphatic heterocycles. The van der Waals surface area contributed by atoms with E-state index in [1.165, 1.54) is 6.08 Å². The van der Waals surface area contributed by atoms with E-state index in [4.69, 9.17) is 9.84 Å². The molecule has 0 radical (unpaired) electrons. The summed E-state index contributed by atoms with van der Waals surface area (Å²) in [5.41, 5.74) is 2.29. The van der Waals surface area contributed by atoms with Gasteiger partial charge in [0, 0.05) is 22.8 Å². The average molecular weight is 238 g/mol. The van der Waals surface area contributed by atoms with Crippen LogP contribution in [0.15, 0.2) is 54.6 Å². The molecule has 0 aromatic heterocycles. The first-order valence-corrected chi connectivity index (χ1v) is 5.57. The first-order valence-electron chi connectivity index (χ1n) is 5.57. The molecular weight excluding hydrogens is 228 g/mol. The van der Waals surface area contributed by atoms with Crippen molar-refractivity contribution in [1.29, 1.82) is 0 Å². The van der Waals surface area contributed by atoms with Crippen molar-refractivity contribution in [2.75, 3.05) is 0 Å². The summed E-state index contributed by atoms with van der Waals surface area (Å²) in [4.78, 5) is 11.0. The number of aliphatic carboxylic acids is 1. The van der Waals surface area contributed by atoms with E-state index in [-0.39, 0.29) is 0 Å². The largest absolute Gasteiger partial charge is 0.478 e. The van der Waals surface area contributed by atoms with Crippen LogP contribution in [0.5, 0.6) is 11.5 Å². The Morgan fingerprint density at radius 1 is 0.944 bits per heavy atom. The van der Waals surface area contributed by atoms with Crippen LogP contribution >= 0.6 is 0 Å². The van der Waals surface area contributed by atoms with Gasteiger partial charge in [-0.25, -0.2) is 4.79 Å². The van der Waals surface area contributed by atoms with Crippen LogP contribution in [0.1, 0.15) is 11.1 Å². The summed E-state index contributed by atoms with van der Waals surface area (Å²) in [6, 6.07) is 14.9. The first-order chi connectivity index (χ1) is 8.75. The van der Waals surface area contributed by atoms with E-state index in [0.29, 0.717) is 17.1 Å². The maximum absolute atomic E-state index is 11.0. The Morgan fingerprint density at radius 3 is 1.94 bits per heavy atom. The van der Waals surface area contributed by atoms with E-state index in [1.807, 2.05) is 48.5 Å². The van der Waals surface area contributed by atoms with Crippen molar-refractivity contribution < 1.29 is 14.6 Å². The SMILES string of the molecule is O=C(O)C=C1c2ccccc2Oc2ccccc21. The predicted octanol–water partition coefficient (Wildman–Crippen LogP) is 3.31. The molecule has 0 atom stereocenters. The van der Waals surface area contributed by atoms with Crippen LogP contribution in [-0.2, 0) is 4.79 Å². The van der Waals surface area contributed by atoms with Crippen LogP contribution in [0.3, 0.4) is 0 Å². The molecule has 0 spiro atoms. The second-order valence-corrected chi connectivity index (χ2v) is 3.99. The number of ether oxygens (including phenoxy) is 1. The highest BCUT2D eigenvalue weighted by molar-refractivity contribution is 5.98. The monoisotopic (exact) mass is 238 g/mol. The minimum atomic E-state index is -0.962. The minimum Gasteiger partial charge on any atom is -0.478 e. The third-order valence-corrected chi connectivity index (χ3v) is 2.84. The highest BCUT2D eigenvalue weighted by Crippen LogP contribution is 2.42. The summed E-state index contributed by atoms with van der Waals surface area (Å²) in [5.74, 6) is 0.406. The van der Waals surface area contributed by atoms with Crippen LogP contribution in [-0.4, -0.2) is 11.1 Å². The van der Waals surface area contributed by atoms with Crippen molar-refractivity contribution in [3.8, 4) is 11.5 Å². The average Bonchev–Trinajstić information content (AvgIpc) is 2.38. The molecule has 3 nitrogen and oxygen atoms in total. The Labute approximate surface area is 104 Å². The number of rotatable bonds is 1. The Balaban J connectivity index is 2.27. The maximum atomic E-state index is 11.0. The molecule has 0 saturated heterocycles. The van der Waals surface area contributed by atoms with Crippen molar-refractivity contribution in [2.45, 2.75) is 0 Å². The lowest BCUT2D eigenvalue weighted by Gasteiger charge is -2.22. The molecule has 1 heterocycles. The van der Waals surface area contributed by atoms with Gasteiger partial charge in [-0.3, -0.25) is 0 Å². The Bertz CT molecular complexity index is 609. The van der Waals surface area contributed by atoms with Gasteiger partial charge in [0.15, 0.2) is 0 Å². The molecule has 0 unspecified atom stereocenters. The number of hydrogen-bond acceptors (Lipinski definition) is 2. The fourth-order valence-corrected chi connectivity index (χ4v) is 2.10. The van der Waals surface area contributed by atoms with E-state index < -0.39 is 5.97 Å². The summed E-state index contributed by atoms with van der Waals surface area (Å²) in [6.45, 7) is 0. The highest BCUT2D eigenvalue weighted by Gasteiger charge is 2.21. The first kappa shape index (κ1) is 10.6. The number of para-hydroxylation sites is 2. The summed E-state index contributed by atoms with van der Waals surface area (Å²) in [7, 11) is 0. The molecule has 0 amide bonds. The molecule has 0 saturated carbocycles. The van der Waals surface area contributed by atoms with Crippen LogP contribution in [0.25, 0.3) is 5.57 Å². The van der Waals surface area contributed by atoms with E-state index in [0.717, 1.165) is 11.1 Å². The third kappa shape index (κ3) is 1.66. The van der Waals surface area contributed by atoms with Crippen molar-refractivity contribution in [2.24, 2.45) is 0 Å². The number of carbonyl (C=O) groups is 1. The summed E-state index contributed by atoms with van der Waals surface area (Å²) >= 11 is 0. The molecule has 0 aliphatic carbocycles. The fourth-order valence-electron chi connectivity index (χ4n) is 2.10. The zero-order chi connectivity index (χ0) is 12.5. The lowest BCUT2D eigenvalue weighted by atomic mass is 9.94. The number of carboxylic acids is 1. The molecule has 2 aromatic rings. The number of fused-ring (bicyclic) bond motifs is 2. The van der Waals surface area contributed by atoms with Crippen LogP contribution < -0.4 is 4.74 Å². The lowest BCUT2D eigenvalue weighted by molar-refractivity contribution is -0.131. The molecule has 18 heavy (non-hydrogen) atoms. The standard InChI is InChI=1S/C15H10O3/c16-15(17)9-12-10-5-1-3-7-13(10)18-14-8-4-2-6-11(12)14/h1-9H,(H,16,17). The summed E-state index contributed by atoms with van der Waals surface area (Å²) < 4.78 is 5.76. The second-order valence-electron chi connectivity index (χ2n) is 3.99. The molecule has 1 aliphatic rings.